The second kappa shape index (κ2) is 1.82. The van der Waals surface area contributed by atoms with Crippen LogP contribution >= 0.6 is 11.8 Å². The molecule has 1 fully saturated rings. The van der Waals surface area contributed by atoms with Gasteiger partial charge in [-0.1, -0.05) is 0 Å². The number of hydrogen-bond donors (Lipinski definition) is 0. The predicted molar refractivity (Wildman–Crippen MR) is 26.3 cm³/mol. The summed E-state index contributed by atoms with van der Waals surface area (Å²) in [5.74, 6) is 2.63. The molecule has 1 aliphatic rings. The number of alkyl halides is 1. The van der Waals surface area contributed by atoms with E-state index in [1.165, 1.54) is 0 Å². The van der Waals surface area contributed by atoms with Gasteiger partial charge in [-0.3, -0.25) is 0 Å². The summed E-state index contributed by atoms with van der Waals surface area (Å²) in [6.45, 7) is 0. The van der Waals surface area contributed by atoms with E-state index < -0.39 is 6.17 Å². The van der Waals surface area contributed by atoms with Crippen LogP contribution in [0.15, 0.2) is 0 Å². The summed E-state index contributed by atoms with van der Waals surface area (Å²) < 4.78 is 11.8. The van der Waals surface area contributed by atoms with Crippen LogP contribution in [-0.2, 0) is 0 Å². The molecule has 0 aromatic rings. The van der Waals surface area contributed by atoms with Gasteiger partial charge in [0, 0.05) is 0 Å². The average Bonchev–Trinajstić information content (AvgIpc) is 1.86. The van der Waals surface area contributed by atoms with Crippen molar-refractivity contribution in [1.82, 2.24) is 0 Å². The minimum absolute atomic E-state index is 0.616. The molecule has 35 valence electrons. The van der Waals surface area contributed by atoms with Crippen LogP contribution in [0.25, 0.3) is 0 Å². The van der Waals surface area contributed by atoms with Crippen molar-refractivity contribution in [3.8, 4) is 0 Å². The first kappa shape index (κ1) is 4.44. The molecule has 1 aliphatic heterocycles. The molecular formula is C4H6FS. The predicted octanol–water partition coefficient (Wildman–Crippen LogP) is 1.62. The van der Waals surface area contributed by atoms with E-state index in [1.54, 1.807) is 17.5 Å². The van der Waals surface area contributed by atoms with E-state index in [0.717, 1.165) is 12.2 Å². The van der Waals surface area contributed by atoms with Crippen LogP contribution in [0, 0.1) is 5.75 Å². The molecular weight excluding hydrogens is 99.1 g/mol. The summed E-state index contributed by atoms with van der Waals surface area (Å²) in [5, 5.41) is 0. The summed E-state index contributed by atoms with van der Waals surface area (Å²) in [6.07, 6.45) is 0.111. The second-order valence-electron chi connectivity index (χ2n) is 1.31. The van der Waals surface area contributed by atoms with Crippen molar-refractivity contribution in [2.24, 2.45) is 0 Å². The molecule has 0 bridgehead atoms. The Balaban J connectivity index is 2.18. The van der Waals surface area contributed by atoms with Crippen LogP contribution < -0.4 is 0 Å². The Hall–Kier alpha value is 0.280. The third-order valence-corrected chi connectivity index (χ3v) is 1.71. The fourth-order valence-corrected chi connectivity index (χ4v) is 1.26. The Morgan fingerprint density at radius 1 is 1.83 bits per heavy atom. The molecule has 0 nitrogen and oxygen atoms in total. The molecule has 6 heavy (non-hydrogen) atoms. The van der Waals surface area contributed by atoms with E-state index >= 15 is 0 Å². The minimum atomic E-state index is -0.616. The van der Waals surface area contributed by atoms with Crippen LogP contribution in [0.4, 0.5) is 4.39 Å². The highest BCUT2D eigenvalue weighted by atomic mass is 32.2. The van der Waals surface area contributed by atoms with Crippen LogP contribution in [-0.4, -0.2) is 11.9 Å². The molecule has 1 saturated heterocycles. The Bertz CT molecular complexity index is 40.8. The van der Waals surface area contributed by atoms with Crippen molar-refractivity contribution in [2.45, 2.75) is 12.6 Å². The normalized spacial score (nSPS) is 34.5. The molecule has 1 unspecified atom stereocenters. The Morgan fingerprint density at radius 2 is 2.67 bits per heavy atom. The molecule has 1 rings (SSSR count). The zero-order valence-electron chi connectivity index (χ0n) is 3.36. The highest BCUT2D eigenvalue weighted by Gasteiger charge is 2.12. The molecule has 0 aliphatic carbocycles. The van der Waals surface area contributed by atoms with E-state index in [2.05, 4.69) is 0 Å². The quantitative estimate of drug-likeness (QED) is 0.451. The van der Waals surface area contributed by atoms with Crippen molar-refractivity contribution in [1.29, 1.82) is 0 Å². The maximum Gasteiger partial charge on any atom is 0.114 e. The lowest BCUT2D eigenvalue weighted by atomic mass is 10.4. The van der Waals surface area contributed by atoms with Crippen LogP contribution in [0.1, 0.15) is 6.42 Å². The van der Waals surface area contributed by atoms with Gasteiger partial charge >= 0.3 is 0 Å². The number of hydrogen-bond acceptors (Lipinski definition) is 1. The number of rotatable bonds is 0. The highest BCUT2D eigenvalue weighted by molar-refractivity contribution is 8.01. The number of halogens is 1. The van der Waals surface area contributed by atoms with Gasteiger partial charge in [-0.2, -0.15) is 11.8 Å². The first-order valence-corrected chi connectivity index (χ1v) is 3.03. The molecule has 0 aromatic carbocycles. The molecule has 0 spiro atoms. The molecule has 0 amide bonds. The van der Waals surface area contributed by atoms with E-state index in [-0.39, 0.29) is 0 Å². The summed E-state index contributed by atoms with van der Waals surface area (Å²) in [5.41, 5.74) is 0. The van der Waals surface area contributed by atoms with Crippen LogP contribution in [0.5, 0.6) is 0 Å². The Morgan fingerprint density at radius 3 is 2.83 bits per heavy atom. The topological polar surface area (TPSA) is 0 Å². The lowest BCUT2D eigenvalue weighted by Gasteiger charge is -1.84. The van der Waals surface area contributed by atoms with Gasteiger partial charge in [0.05, 0.1) is 5.75 Å². The van der Waals surface area contributed by atoms with Crippen molar-refractivity contribution < 1.29 is 4.39 Å². The zero-order chi connectivity index (χ0) is 4.41. The summed E-state index contributed by atoms with van der Waals surface area (Å²) in [4.78, 5) is 0. The van der Waals surface area contributed by atoms with Crippen molar-refractivity contribution in [3.05, 3.63) is 5.75 Å². The molecule has 1 atom stereocenters. The lowest BCUT2D eigenvalue weighted by molar-refractivity contribution is 0.392. The smallest absolute Gasteiger partial charge is 0.114 e. The minimum Gasteiger partial charge on any atom is -0.246 e. The summed E-state index contributed by atoms with van der Waals surface area (Å²) in [7, 11) is 0. The summed E-state index contributed by atoms with van der Waals surface area (Å²) >= 11 is 1.58. The van der Waals surface area contributed by atoms with Gasteiger partial charge in [0.2, 0.25) is 0 Å². The van der Waals surface area contributed by atoms with Crippen LogP contribution in [0.3, 0.4) is 0 Å². The highest BCUT2D eigenvalue weighted by Crippen LogP contribution is 2.24. The molecule has 1 radical (unpaired) electrons. The van der Waals surface area contributed by atoms with E-state index in [4.69, 9.17) is 0 Å². The maximum atomic E-state index is 11.8. The van der Waals surface area contributed by atoms with Gasteiger partial charge in [-0.15, -0.1) is 0 Å². The lowest BCUT2D eigenvalue weighted by Crippen LogP contribution is -1.87. The zero-order valence-corrected chi connectivity index (χ0v) is 4.17. The van der Waals surface area contributed by atoms with Gasteiger partial charge < -0.3 is 0 Å². The van der Waals surface area contributed by atoms with Crippen molar-refractivity contribution >= 4 is 11.8 Å². The largest absolute Gasteiger partial charge is 0.246 e. The number of thioether (sulfide) groups is 1. The summed E-state index contributed by atoms with van der Waals surface area (Å²) in [6, 6.07) is 0. The third kappa shape index (κ3) is 0.869. The SMILES string of the molecule is FC1[CH]SCC1. The van der Waals surface area contributed by atoms with E-state index in [0.29, 0.717) is 0 Å². The third-order valence-electron chi connectivity index (χ3n) is 0.755. The standard InChI is InChI=1S/C4H6FS/c5-4-1-2-6-3-4/h3-4H,1-2H2. The van der Waals surface area contributed by atoms with Crippen LogP contribution in [0.2, 0.25) is 0 Å². The van der Waals surface area contributed by atoms with E-state index in [1.807, 2.05) is 0 Å². The van der Waals surface area contributed by atoms with Gasteiger partial charge in [0.1, 0.15) is 6.17 Å². The first-order valence-electron chi connectivity index (χ1n) is 1.98. The molecule has 0 aromatic heterocycles. The molecule has 0 saturated carbocycles. The van der Waals surface area contributed by atoms with Gasteiger partial charge in [0.25, 0.3) is 0 Å². The van der Waals surface area contributed by atoms with Gasteiger partial charge in [-0.05, 0) is 12.2 Å². The Labute approximate surface area is 41.1 Å². The molecule has 1 heterocycles. The average molecular weight is 105 g/mol. The Kier molecular flexibility index (Phi) is 1.35. The maximum absolute atomic E-state index is 11.8. The van der Waals surface area contributed by atoms with E-state index in [9.17, 15) is 4.39 Å². The molecule has 0 N–H and O–H groups in total. The van der Waals surface area contributed by atoms with Crippen molar-refractivity contribution in [3.63, 3.8) is 0 Å². The fraction of sp³-hybridized carbons (Fsp3) is 0.750. The monoisotopic (exact) mass is 105 g/mol. The second-order valence-corrected chi connectivity index (χ2v) is 2.33. The fourth-order valence-electron chi connectivity index (χ4n) is 0.421. The van der Waals surface area contributed by atoms with Gasteiger partial charge in [0.15, 0.2) is 0 Å². The van der Waals surface area contributed by atoms with Gasteiger partial charge in [-0.25, -0.2) is 4.39 Å². The van der Waals surface area contributed by atoms with Crippen molar-refractivity contribution in [2.75, 3.05) is 5.75 Å². The molecule has 2 heteroatoms. The first-order chi connectivity index (χ1) is 2.89.